The van der Waals surface area contributed by atoms with Crippen LogP contribution in [-0.2, 0) is 42.5 Å². The monoisotopic (exact) mass is 1520 g/mol. The molecule has 8 saturated heterocycles. The normalized spacial score (nSPS) is 21.7. The molecule has 0 aliphatic carbocycles. The van der Waals surface area contributed by atoms with Crippen LogP contribution < -0.4 is 15.9 Å². The number of aryl methyl sites for hydroxylation is 2. The van der Waals surface area contributed by atoms with E-state index in [1.807, 2.05) is 101 Å². The van der Waals surface area contributed by atoms with Crippen molar-refractivity contribution < 1.29 is 77.0 Å². The van der Waals surface area contributed by atoms with Crippen molar-refractivity contribution in [1.29, 1.82) is 0 Å². The second-order valence-corrected chi connectivity index (χ2v) is 36.1. The molecule has 0 bridgehead atoms. The number of terminal acetylenes is 1. The molecule has 10 rings (SSSR count). The average Bonchev–Trinajstić information content (AvgIpc) is 1.78. The maximum absolute atomic E-state index is 12.1. The number of fused-ring (bicyclic) bond motifs is 1. The van der Waals surface area contributed by atoms with Gasteiger partial charge in [-0.1, -0.05) is 37.0 Å². The lowest BCUT2D eigenvalue weighted by molar-refractivity contribution is -0.113. The first-order chi connectivity index (χ1) is 49.0. The van der Waals surface area contributed by atoms with Crippen molar-refractivity contribution in [3.63, 3.8) is 0 Å². The topological polar surface area (TPSA) is 278 Å². The Morgan fingerprint density at radius 2 is 0.944 bits per heavy atom. The first-order valence-corrected chi connectivity index (χ1v) is 39.3. The molecule has 0 atom stereocenters. The summed E-state index contributed by atoms with van der Waals surface area (Å²) in [7, 11) is -2.69. The van der Waals surface area contributed by atoms with Gasteiger partial charge < -0.3 is 77.8 Å². The Hall–Kier alpha value is -4.46. The van der Waals surface area contributed by atoms with Crippen molar-refractivity contribution >= 4 is 75.9 Å². The summed E-state index contributed by atoms with van der Waals surface area (Å²) in [5.74, 6) is 8.46. The third kappa shape index (κ3) is 31.9. The van der Waals surface area contributed by atoms with Crippen LogP contribution in [0.15, 0.2) is 30.5 Å². The van der Waals surface area contributed by atoms with Crippen LogP contribution in [0.25, 0.3) is 10.9 Å². The van der Waals surface area contributed by atoms with Crippen LogP contribution >= 0.6 is 12.4 Å². The van der Waals surface area contributed by atoms with Crippen molar-refractivity contribution in [3.05, 3.63) is 41.6 Å². The molecule has 8 aliphatic heterocycles. The van der Waals surface area contributed by atoms with E-state index in [0.717, 1.165) is 146 Å². The lowest BCUT2D eigenvalue weighted by Crippen LogP contribution is -2.41. The molecule has 0 spiro atoms. The van der Waals surface area contributed by atoms with Gasteiger partial charge in [0.05, 0.1) is 27.9 Å². The number of amides is 3. The molecule has 0 saturated carbocycles. The smallest absolute Gasteiger partial charge is 0.444 e. The third-order valence-electron chi connectivity index (χ3n) is 22.1. The zero-order valence-corrected chi connectivity index (χ0v) is 70.6. The minimum absolute atomic E-state index is 0. The highest BCUT2D eigenvalue weighted by Crippen LogP contribution is 2.41. The van der Waals surface area contributed by atoms with Crippen LogP contribution in [0.4, 0.5) is 20.2 Å². The van der Waals surface area contributed by atoms with E-state index in [-0.39, 0.29) is 78.5 Å². The summed E-state index contributed by atoms with van der Waals surface area (Å²) in [5, 5.41) is 39.7. The summed E-state index contributed by atoms with van der Waals surface area (Å²) < 4.78 is 40.2. The maximum Gasteiger partial charge on any atom is 0.486 e. The summed E-state index contributed by atoms with van der Waals surface area (Å²) in [6, 6.07) is 4.32. The Morgan fingerprint density at radius 1 is 0.561 bits per heavy atom. The largest absolute Gasteiger partial charge is 0.486 e. The number of nitrogens with zero attached hydrogens (tertiary/aromatic N) is 6. The molecule has 29 heteroatoms. The average molecular weight is 1520 g/mol. The number of carbonyl (C=O) groups excluding carboxylic acids is 3. The standard InChI is InChI=1S/C18H34BNO4.C18H32BNO4.C17H24BN3O2.C12H19NO2.C7H16BNO2.C6H13NO2.ClH/c2*1-16(2,3)22-15(21)20-12-9-14(10-13-20)8-11-19-23-17(4,5)18(6,7)24-19;1-12-9-15-16(10-13(12)2)19-11-20-17(15)21-7-4-14(5-8-21)3-6-18(22)23;1-5-10-6-8-13(9-7-10)11(14)15-12(2,3)4;10-8(11)4-1-7-2-5-9-6-3-7;1-5(2)6(3,4)9-7-8-5;/h14H,8-13H2,1-7H3;8,11,14H,9-10,12-13H2,1-7H3;9-11,14,22-23H,3-8H2,1-2H3;1,10H,6-9H2,2-4H3;7,9-11H,1-6H2;7H,1-4H3;1H/b;11-8+;;;;;. The quantitative estimate of drug-likeness (QED) is 0.0654. The Balaban J connectivity index is 0.000000279. The van der Waals surface area contributed by atoms with Crippen molar-refractivity contribution in [2.75, 3.05) is 70.3 Å². The van der Waals surface area contributed by atoms with Crippen molar-refractivity contribution in [1.82, 2.24) is 35.6 Å². The number of aromatic nitrogens is 2. The SMILES string of the molecule is C#CC1CCN(C(=O)OC(C)(C)C)CC1.CC(C)(C)OC(=O)N1CCC(/C=C/B2OC(C)(C)C(C)(C)O2)CC1.CC(C)(C)OC(=O)N1CCC(CCB2OC(C)(C)C(C)(C)O2)CC1.CC1(C)ONOC1(C)C.Cc1cc2ncnc(N3CCC(CCB(O)O)CC3)c2cc1C.Cl.OB(O)CCC1CCNCC1. The molecular weight excluding hydrogens is 1380 g/mol. The predicted octanol–water partition coefficient (Wildman–Crippen LogP) is 13.8. The molecule has 8 aliphatic rings. The Bertz CT molecular complexity index is 3060. The van der Waals surface area contributed by atoms with Gasteiger partial charge in [-0.25, -0.2) is 24.4 Å². The molecular formula is C78H139B4ClN8O16. The summed E-state index contributed by atoms with van der Waals surface area (Å²) in [6.45, 7) is 54.3. The van der Waals surface area contributed by atoms with E-state index < -0.39 is 31.0 Å². The number of hydrogen-bond acceptors (Lipinski definition) is 21. The molecule has 0 unspecified atom stereocenters. The van der Waals surface area contributed by atoms with Gasteiger partial charge in [0.1, 0.15) is 40.2 Å². The number of rotatable bonds is 12. The fourth-order valence-corrected chi connectivity index (χ4v) is 13.0. The molecule has 24 nitrogen and oxygen atoms in total. The Morgan fingerprint density at radius 3 is 1.35 bits per heavy atom. The minimum Gasteiger partial charge on any atom is -0.444 e. The van der Waals surface area contributed by atoms with E-state index in [2.05, 4.69) is 119 Å². The number of carbonyl (C=O) groups is 3. The van der Waals surface area contributed by atoms with Crippen molar-refractivity contribution in [2.45, 2.75) is 312 Å². The summed E-state index contributed by atoms with van der Waals surface area (Å²) in [5.41, 5.74) is 3.04. The highest BCUT2D eigenvalue weighted by atomic mass is 35.5. The summed E-state index contributed by atoms with van der Waals surface area (Å²) in [4.78, 5) is 62.6. The number of halogens is 1. The maximum atomic E-state index is 12.1. The first-order valence-electron chi connectivity index (χ1n) is 39.3. The zero-order valence-electron chi connectivity index (χ0n) is 69.8. The molecule has 8 fully saturated rings. The molecule has 2 aromatic rings. The van der Waals surface area contributed by atoms with Gasteiger partial charge >= 0.3 is 46.8 Å². The van der Waals surface area contributed by atoms with Gasteiger partial charge in [-0.2, -0.15) is 0 Å². The van der Waals surface area contributed by atoms with E-state index >= 15 is 0 Å². The zero-order chi connectivity index (χ0) is 79.4. The molecule has 3 amide bonds. The lowest BCUT2D eigenvalue weighted by atomic mass is 9.78. The molecule has 9 heterocycles. The third-order valence-corrected chi connectivity index (χ3v) is 22.1. The number of likely N-dealkylation sites (tertiary alicyclic amines) is 3. The van der Waals surface area contributed by atoms with Crippen LogP contribution in [0.3, 0.4) is 0 Å². The van der Waals surface area contributed by atoms with Gasteiger partial charge in [-0.05, 0) is 302 Å². The fourth-order valence-electron chi connectivity index (χ4n) is 13.0. The number of nitrogens with one attached hydrogen (secondary N) is 2. The van der Waals surface area contributed by atoms with Crippen LogP contribution in [0, 0.1) is 55.8 Å². The van der Waals surface area contributed by atoms with Gasteiger partial charge in [-0.3, -0.25) is 9.68 Å². The molecule has 1 aromatic heterocycles. The molecule has 107 heavy (non-hydrogen) atoms. The second-order valence-electron chi connectivity index (χ2n) is 36.1. The van der Waals surface area contributed by atoms with Crippen molar-refractivity contribution in [3.8, 4) is 12.3 Å². The lowest BCUT2D eigenvalue weighted by Gasteiger charge is -2.33. The van der Waals surface area contributed by atoms with Gasteiger partial charge in [0, 0.05) is 63.7 Å². The molecule has 6 N–H and O–H groups in total. The minimum atomic E-state index is -1.18. The van der Waals surface area contributed by atoms with E-state index in [0.29, 0.717) is 55.3 Å². The van der Waals surface area contributed by atoms with Crippen LogP contribution in [0.2, 0.25) is 19.0 Å². The number of anilines is 1. The number of piperidine rings is 5. The Kier molecular flexibility index (Phi) is 36.7. The van der Waals surface area contributed by atoms with E-state index in [1.54, 1.807) is 16.1 Å². The van der Waals surface area contributed by atoms with Gasteiger partial charge in [-0.15, -0.1) is 24.8 Å². The van der Waals surface area contributed by atoms with Crippen molar-refractivity contribution in [2.24, 2.45) is 29.6 Å². The fraction of sp³-hybridized carbons (Fsp3) is 0.808. The first kappa shape index (κ1) is 94.9. The number of benzene rings is 1. The van der Waals surface area contributed by atoms with Crippen LogP contribution in [-0.4, -0.2) is 207 Å². The number of hydrogen-bond donors (Lipinski definition) is 6. The summed E-state index contributed by atoms with van der Waals surface area (Å²) >= 11 is 0. The Labute approximate surface area is 651 Å². The van der Waals surface area contributed by atoms with Gasteiger partial charge in [0.25, 0.3) is 0 Å². The summed E-state index contributed by atoms with van der Waals surface area (Å²) in [6.07, 6.45) is 23.6. The molecule has 1 aromatic carbocycles. The predicted molar refractivity (Wildman–Crippen MR) is 431 cm³/mol. The number of ether oxygens (including phenoxy) is 3. The second kappa shape index (κ2) is 41.4. The van der Waals surface area contributed by atoms with Crippen LogP contribution in [0.5, 0.6) is 0 Å². The number of allylic oxidation sites excluding steroid dienone is 1. The van der Waals surface area contributed by atoms with Gasteiger partial charge in [0.2, 0.25) is 0 Å². The highest BCUT2D eigenvalue weighted by molar-refractivity contribution is 6.51. The molecule has 0 radical (unpaired) electrons. The van der Waals surface area contributed by atoms with E-state index in [4.69, 9.17) is 69.0 Å². The van der Waals surface area contributed by atoms with Gasteiger partial charge in [0.15, 0.2) is 0 Å². The highest BCUT2D eigenvalue weighted by Gasteiger charge is 2.52. The van der Waals surface area contributed by atoms with E-state index in [9.17, 15) is 14.4 Å². The molecule has 606 valence electrons. The van der Waals surface area contributed by atoms with E-state index in [1.165, 1.54) is 24.0 Å². The van der Waals surface area contributed by atoms with Crippen LogP contribution in [0.1, 0.15) is 240 Å².